The average molecular weight is 964 g/mol. The first-order chi connectivity index (χ1) is 34.6. The van der Waals surface area contributed by atoms with Crippen LogP contribution < -0.4 is 0 Å². The number of esters is 2. The summed E-state index contributed by atoms with van der Waals surface area (Å²) in [6, 6.07) is 0. The van der Waals surface area contributed by atoms with Crippen molar-refractivity contribution in [3.05, 3.63) is 158 Å². The van der Waals surface area contributed by atoms with E-state index in [0.717, 1.165) is 128 Å². The molecule has 0 radical (unpaired) electrons. The van der Waals surface area contributed by atoms with Crippen molar-refractivity contribution >= 4 is 11.9 Å². The second-order valence-corrected chi connectivity index (χ2v) is 17.9. The Hall–Kier alpha value is -4.48. The van der Waals surface area contributed by atoms with Gasteiger partial charge in [-0.15, -0.1) is 0 Å². The van der Waals surface area contributed by atoms with Crippen LogP contribution in [0, 0.1) is 0 Å². The van der Waals surface area contributed by atoms with Gasteiger partial charge in [-0.2, -0.15) is 0 Å². The van der Waals surface area contributed by atoms with Crippen LogP contribution in [0.15, 0.2) is 158 Å². The Morgan fingerprint density at radius 3 is 0.871 bits per heavy atom. The Kier molecular flexibility index (Phi) is 55.1. The van der Waals surface area contributed by atoms with Crippen molar-refractivity contribution in [2.75, 3.05) is 13.2 Å². The number of rotatable bonds is 49. The molecular formula is C65H102O5. The summed E-state index contributed by atoms with van der Waals surface area (Å²) in [6.07, 6.45) is 90.6. The number of carbonyl (C=O) groups excluding carboxylic acids is 2. The van der Waals surface area contributed by atoms with Crippen LogP contribution in [0.2, 0.25) is 0 Å². The molecule has 0 spiro atoms. The predicted octanol–water partition coefficient (Wildman–Crippen LogP) is 19.2. The molecule has 0 aromatic rings. The van der Waals surface area contributed by atoms with Crippen molar-refractivity contribution in [3.8, 4) is 0 Å². The maximum Gasteiger partial charge on any atom is 0.306 e. The maximum atomic E-state index is 12.3. The fraction of sp³-hybridized carbons (Fsp3) is 0.569. The molecule has 0 rings (SSSR count). The monoisotopic (exact) mass is 963 g/mol. The zero-order valence-corrected chi connectivity index (χ0v) is 44.7. The lowest BCUT2D eigenvalue weighted by Gasteiger charge is -2.15. The zero-order valence-electron chi connectivity index (χ0n) is 44.7. The van der Waals surface area contributed by atoms with Gasteiger partial charge in [-0.3, -0.25) is 9.59 Å². The molecule has 0 aliphatic carbocycles. The molecule has 0 aliphatic heterocycles. The molecule has 0 aromatic carbocycles. The highest BCUT2D eigenvalue weighted by atomic mass is 16.6. The summed E-state index contributed by atoms with van der Waals surface area (Å²) in [7, 11) is 0. The minimum atomic E-state index is -0.804. The van der Waals surface area contributed by atoms with Crippen molar-refractivity contribution < 1.29 is 24.2 Å². The first-order valence-electron chi connectivity index (χ1n) is 28.0. The van der Waals surface area contributed by atoms with Crippen LogP contribution in [0.1, 0.15) is 219 Å². The van der Waals surface area contributed by atoms with E-state index >= 15 is 0 Å². The summed E-state index contributed by atoms with van der Waals surface area (Å²) in [6.45, 7) is 3.87. The van der Waals surface area contributed by atoms with E-state index in [4.69, 9.17) is 9.47 Å². The molecule has 70 heavy (non-hydrogen) atoms. The number of unbranched alkanes of at least 4 members (excludes halogenated alkanes) is 15. The molecule has 5 nitrogen and oxygen atoms in total. The van der Waals surface area contributed by atoms with E-state index in [0.29, 0.717) is 12.8 Å². The lowest BCUT2D eigenvalue weighted by atomic mass is 10.0. The molecule has 0 bridgehead atoms. The SMILES string of the molecule is CC/C=C\C/C=C\C/C=C\C/C=C\C/C=C\C/C=C\C/C=C\CCCCCC(=O)OC(CO)COC(=O)CCCCCCCCCCCCCC/C=C\C/C=C\C/C=C\C/C=C\C/C=C\C/C=C\CC. The lowest BCUT2D eigenvalue weighted by Crippen LogP contribution is -2.28. The van der Waals surface area contributed by atoms with E-state index in [1.165, 1.54) is 64.2 Å². The molecule has 5 heteroatoms. The summed E-state index contributed by atoms with van der Waals surface area (Å²) in [5, 5.41) is 9.65. The van der Waals surface area contributed by atoms with Gasteiger partial charge in [0, 0.05) is 12.8 Å². The third-order valence-corrected chi connectivity index (χ3v) is 11.3. The normalized spacial score (nSPS) is 13.5. The highest BCUT2D eigenvalue weighted by molar-refractivity contribution is 5.70. The smallest absolute Gasteiger partial charge is 0.306 e. The first-order valence-corrected chi connectivity index (χ1v) is 28.0. The van der Waals surface area contributed by atoms with Gasteiger partial charge in [0.25, 0.3) is 0 Å². The van der Waals surface area contributed by atoms with Crippen molar-refractivity contribution in [1.29, 1.82) is 0 Å². The van der Waals surface area contributed by atoms with Gasteiger partial charge in [-0.25, -0.2) is 0 Å². The topological polar surface area (TPSA) is 72.8 Å². The highest BCUT2D eigenvalue weighted by Crippen LogP contribution is 2.14. The number of allylic oxidation sites excluding steroid dienone is 26. The van der Waals surface area contributed by atoms with Gasteiger partial charge >= 0.3 is 11.9 Å². The summed E-state index contributed by atoms with van der Waals surface area (Å²) in [5.41, 5.74) is 0. The van der Waals surface area contributed by atoms with E-state index in [9.17, 15) is 14.7 Å². The van der Waals surface area contributed by atoms with Crippen molar-refractivity contribution in [3.63, 3.8) is 0 Å². The Morgan fingerprint density at radius 2 is 0.571 bits per heavy atom. The lowest BCUT2D eigenvalue weighted by molar-refractivity contribution is -0.161. The van der Waals surface area contributed by atoms with Crippen LogP contribution in [-0.4, -0.2) is 36.4 Å². The molecule has 0 saturated heterocycles. The van der Waals surface area contributed by atoms with Gasteiger partial charge in [0.1, 0.15) is 6.61 Å². The van der Waals surface area contributed by atoms with E-state index in [2.05, 4.69) is 172 Å². The standard InChI is InChI=1S/C65H102O5/c1-3-5-7-9-11-13-15-17-19-21-23-25-27-29-30-31-32-33-34-36-37-39-41-43-45-47-49-51-53-55-57-59-64(67)69-62-63(61-66)70-65(68)60-58-56-54-52-50-48-46-44-42-40-38-35-28-26-24-22-20-18-16-14-12-10-8-6-4-2/h5-8,11-14,17-20,23-26,29-30,32-33,35,38,42,44,48,50,63,66H,3-4,9-10,15-16,21-22,27-28,31,34,36-37,39-41,43,45-47,49,51-62H2,1-2H3/b7-5-,8-6-,13-11-,14-12-,19-17-,20-18-,25-23-,26-24-,30-29-,33-32-,38-35-,44-42-,50-48-. The molecule has 1 atom stereocenters. The van der Waals surface area contributed by atoms with Crippen molar-refractivity contribution in [1.82, 2.24) is 0 Å². The number of carbonyl (C=O) groups is 2. The Balaban J connectivity index is 3.62. The third-order valence-electron chi connectivity index (χ3n) is 11.3. The zero-order chi connectivity index (χ0) is 50.6. The molecule has 0 fully saturated rings. The summed E-state index contributed by atoms with van der Waals surface area (Å²) in [4.78, 5) is 24.5. The number of hydrogen-bond acceptors (Lipinski definition) is 5. The second kappa shape index (κ2) is 58.8. The molecule has 1 unspecified atom stereocenters. The molecule has 0 amide bonds. The fourth-order valence-electron chi connectivity index (χ4n) is 7.18. The number of hydrogen-bond donors (Lipinski definition) is 1. The van der Waals surface area contributed by atoms with Gasteiger partial charge in [0.15, 0.2) is 6.10 Å². The molecule has 0 aliphatic rings. The molecular weight excluding hydrogens is 861 g/mol. The van der Waals surface area contributed by atoms with Gasteiger partial charge < -0.3 is 14.6 Å². The summed E-state index contributed by atoms with van der Waals surface area (Å²) < 4.78 is 10.7. The molecule has 0 saturated carbocycles. The van der Waals surface area contributed by atoms with Crippen LogP contribution in [0.5, 0.6) is 0 Å². The second-order valence-electron chi connectivity index (χ2n) is 17.9. The van der Waals surface area contributed by atoms with E-state index in [1.54, 1.807) is 0 Å². The number of aliphatic hydroxyl groups is 1. The quantitative estimate of drug-likeness (QED) is 0.0374. The number of ether oxygens (including phenoxy) is 2. The van der Waals surface area contributed by atoms with Crippen LogP contribution in [0.4, 0.5) is 0 Å². The largest absolute Gasteiger partial charge is 0.462 e. The molecule has 0 heterocycles. The van der Waals surface area contributed by atoms with Crippen LogP contribution in [0.3, 0.4) is 0 Å². The predicted molar refractivity (Wildman–Crippen MR) is 306 cm³/mol. The summed E-state index contributed by atoms with van der Waals surface area (Å²) in [5.74, 6) is -0.642. The van der Waals surface area contributed by atoms with Crippen LogP contribution in [0.25, 0.3) is 0 Å². The number of aliphatic hydroxyl groups excluding tert-OH is 1. The minimum Gasteiger partial charge on any atom is -0.462 e. The average Bonchev–Trinajstić information content (AvgIpc) is 3.36. The van der Waals surface area contributed by atoms with Gasteiger partial charge in [0.2, 0.25) is 0 Å². The van der Waals surface area contributed by atoms with E-state index < -0.39 is 6.10 Å². The molecule has 1 N–H and O–H groups in total. The van der Waals surface area contributed by atoms with E-state index in [1.807, 2.05) is 0 Å². The first kappa shape index (κ1) is 65.5. The Bertz CT molecular complexity index is 1560. The minimum absolute atomic E-state index is 0.0912. The molecule has 392 valence electrons. The van der Waals surface area contributed by atoms with Gasteiger partial charge in [-0.05, 0) is 122 Å². The Labute approximate surface area is 430 Å². The fourth-order valence-corrected chi connectivity index (χ4v) is 7.18. The Morgan fingerprint density at radius 1 is 0.329 bits per heavy atom. The van der Waals surface area contributed by atoms with Gasteiger partial charge in [-0.1, -0.05) is 242 Å². The van der Waals surface area contributed by atoms with E-state index in [-0.39, 0.29) is 25.2 Å². The van der Waals surface area contributed by atoms with Gasteiger partial charge in [0.05, 0.1) is 6.61 Å². The molecule has 0 aromatic heterocycles. The summed E-state index contributed by atoms with van der Waals surface area (Å²) >= 11 is 0. The highest BCUT2D eigenvalue weighted by Gasteiger charge is 2.16. The maximum absolute atomic E-state index is 12.3. The van der Waals surface area contributed by atoms with Crippen LogP contribution >= 0.6 is 0 Å². The third kappa shape index (κ3) is 56.1. The van der Waals surface area contributed by atoms with Crippen molar-refractivity contribution in [2.45, 2.75) is 225 Å². The van der Waals surface area contributed by atoms with Crippen LogP contribution in [-0.2, 0) is 19.1 Å². The van der Waals surface area contributed by atoms with Crippen molar-refractivity contribution in [2.24, 2.45) is 0 Å².